The molecule has 68 heavy (non-hydrogen) atoms. The highest BCUT2D eigenvalue weighted by Gasteiger charge is 2.72. The van der Waals surface area contributed by atoms with Crippen LogP contribution in [0.5, 0.6) is 0 Å². The highest BCUT2D eigenvalue weighted by atomic mass is 32.1. The average Bonchev–Trinajstić information content (AvgIpc) is 3.65. The second kappa shape index (κ2) is 15.1. The van der Waals surface area contributed by atoms with Crippen LogP contribution >= 0.6 is 11.3 Å². The van der Waals surface area contributed by atoms with E-state index in [4.69, 9.17) is 0 Å². The van der Waals surface area contributed by atoms with Gasteiger partial charge in [-0.1, -0.05) is 184 Å². The predicted octanol–water partition coefficient (Wildman–Crippen LogP) is 17.7. The van der Waals surface area contributed by atoms with E-state index >= 15 is 0 Å². The van der Waals surface area contributed by atoms with E-state index in [1.54, 1.807) is 11.1 Å². The zero-order chi connectivity index (χ0) is 45.2. The summed E-state index contributed by atoms with van der Waals surface area (Å²) in [5.41, 5.74) is 14.2. The van der Waals surface area contributed by atoms with Crippen LogP contribution in [-0.4, -0.2) is 0 Å². The first-order chi connectivity index (χ1) is 33.4. The van der Waals surface area contributed by atoms with E-state index in [1.165, 1.54) is 113 Å². The summed E-state index contributed by atoms with van der Waals surface area (Å²) in [7, 11) is 0. The first kappa shape index (κ1) is 40.3. The zero-order valence-corrected chi connectivity index (χ0v) is 39.7. The van der Waals surface area contributed by atoms with Crippen LogP contribution in [0.4, 0.5) is 17.1 Å². The highest BCUT2D eigenvalue weighted by Crippen LogP contribution is 2.76. The van der Waals surface area contributed by atoms with Gasteiger partial charge in [0.25, 0.3) is 0 Å². The lowest BCUT2D eigenvalue weighted by atomic mass is 9.37. The molecule has 1 aromatic heterocycles. The number of benzene rings is 9. The van der Waals surface area contributed by atoms with Crippen LogP contribution in [0, 0.1) is 23.7 Å². The van der Waals surface area contributed by atoms with Crippen molar-refractivity contribution in [1.29, 1.82) is 0 Å². The van der Waals surface area contributed by atoms with Crippen molar-refractivity contribution in [2.24, 2.45) is 23.7 Å². The van der Waals surface area contributed by atoms with Gasteiger partial charge in [-0.3, -0.25) is 0 Å². The highest BCUT2D eigenvalue weighted by molar-refractivity contribution is 7.25. The smallest absolute Gasteiger partial charge is 0.0707 e. The first-order valence-corrected chi connectivity index (χ1v) is 25.9. The molecule has 330 valence electrons. The van der Waals surface area contributed by atoms with E-state index in [0.717, 1.165) is 11.8 Å². The van der Waals surface area contributed by atoms with Crippen LogP contribution in [0.3, 0.4) is 0 Å². The Morgan fingerprint density at radius 3 is 1.87 bits per heavy atom. The molecular formula is C66H55NS. The van der Waals surface area contributed by atoms with E-state index in [9.17, 15) is 0 Å². The molecule has 6 atom stereocenters. The molecule has 1 spiro atoms. The van der Waals surface area contributed by atoms with Gasteiger partial charge in [-0.25, -0.2) is 0 Å². The van der Waals surface area contributed by atoms with Crippen molar-refractivity contribution >= 4 is 59.3 Å². The predicted molar refractivity (Wildman–Crippen MR) is 287 cm³/mol. The molecule has 0 aliphatic heterocycles. The number of fused-ring (bicyclic) bond motifs is 6. The summed E-state index contributed by atoms with van der Waals surface area (Å²) < 4.78 is 2.68. The fourth-order valence-corrected chi connectivity index (χ4v) is 16.4. The summed E-state index contributed by atoms with van der Waals surface area (Å²) in [6, 6.07) is 81.6. The van der Waals surface area contributed by atoms with E-state index < -0.39 is 5.41 Å². The molecule has 2 heteroatoms. The summed E-state index contributed by atoms with van der Waals surface area (Å²) in [6.45, 7) is 5.29. The van der Waals surface area contributed by atoms with Crippen LogP contribution < -0.4 is 4.90 Å². The molecule has 0 N–H and O–H groups in total. The Hall–Kier alpha value is -6.74. The quantitative estimate of drug-likeness (QED) is 0.161. The summed E-state index contributed by atoms with van der Waals surface area (Å²) >= 11 is 1.89. The Morgan fingerprint density at radius 2 is 1.07 bits per heavy atom. The maximum atomic E-state index is 2.73. The molecule has 1 heterocycles. The summed E-state index contributed by atoms with van der Waals surface area (Å²) in [6.07, 6.45) is 6.56. The van der Waals surface area contributed by atoms with E-state index in [0.29, 0.717) is 11.8 Å². The monoisotopic (exact) mass is 893 g/mol. The molecule has 0 saturated heterocycles. The molecule has 2 unspecified atom stereocenters. The molecule has 5 aliphatic carbocycles. The van der Waals surface area contributed by atoms with E-state index in [1.807, 2.05) is 11.3 Å². The molecule has 9 aromatic carbocycles. The van der Waals surface area contributed by atoms with Crippen molar-refractivity contribution in [3.63, 3.8) is 0 Å². The zero-order valence-electron chi connectivity index (χ0n) is 38.9. The summed E-state index contributed by atoms with van der Waals surface area (Å²) in [4.78, 5) is 2.58. The lowest BCUT2D eigenvalue weighted by Gasteiger charge is -2.66. The van der Waals surface area contributed by atoms with Gasteiger partial charge in [0.2, 0.25) is 0 Å². The number of hydrogen-bond donors (Lipinski definition) is 0. The summed E-state index contributed by atoms with van der Waals surface area (Å²) in [5.74, 6) is 2.72. The fourth-order valence-electron chi connectivity index (χ4n) is 15.2. The van der Waals surface area contributed by atoms with Crippen LogP contribution in [0.15, 0.2) is 212 Å². The maximum absolute atomic E-state index is 2.73. The molecule has 15 rings (SSSR count). The SMILES string of the molecule is CC1C[C@@H]2C[C@H](C1)C13C[C@H](C2)[C@@]1(C)c1ccccc1C(c1ccccc1)(c1ccccc1)c1ccc(N(c2ccc(-c4ccc5c(c4)sc4ccccc45)cc2)c2cccc4ccccc24)cc13. The molecule has 4 saturated carbocycles. The molecule has 4 bridgehead atoms. The lowest BCUT2D eigenvalue weighted by molar-refractivity contribution is -0.0349. The van der Waals surface area contributed by atoms with Gasteiger partial charge in [-0.15, -0.1) is 11.3 Å². The Labute approximate surface area is 404 Å². The number of anilines is 3. The third kappa shape index (κ3) is 5.56. The van der Waals surface area contributed by atoms with E-state index in [2.05, 4.69) is 231 Å². The van der Waals surface area contributed by atoms with Gasteiger partial charge in [0.15, 0.2) is 0 Å². The summed E-state index contributed by atoms with van der Waals surface area (Å²) in [5, 5.41) is 5.18. The molecule has 4 fully saturated rings. The average molecular weight is 894 g/mol. The largest absolute Gasteiger partial charge is 0.310 e. The Balaban J connectivity index is 1.03. The molecule has 0 amide bonds. The minimum Gasteiger partial charge on any atom is -0.310 e. The van der Waals surface area contributed by atoms with Crippen molar-refractivity contribution in [3.05, 3.63) is 246 Å². The van der Waals surface area contributed by atoms with Gasteiger partial charge in [-0.05, 0) is 148 Å². The standard InChI is InChI=1S/C66H55NS/c1-43-36-44-38-50(37-43)65-42-51(39-44)64(65,2)57-24-12-13-25-58(57)66(48-18-5-3-6-19-48,49-20-7-4-8-21-49)59-35-33-53(41-60(59)65)67(61-26-15-17-46-16-9-10-22-54(46)61)52-31-28-45(29-32-52)47-30-34-56-55-23-11-14-27-62(55)68-63(56)40-47/h3-35,40-41,43-44,50-51H,36-39,42H2,1-2H3/t43?,44-,50+,51+,64+,65?/m1/s1. The minimum absolute atomic E-state index is 0.0343. The van der Waals surface area contributed by atoms with Gasteiger partial charge in [0.1, 0.15) is 0 Å². The molecular weight excluding hydrogens is 839 g/mol. The third-order valence-electron chi connectivity index (χ3n) is 18.0. The number of hydrogen-bond acceptors (Lipinski definition) is 2. The van der Waals surface area contributed by atoms with Crippen LogP contribution in [-0.2, 0) is 16.2 Å². The van der Waals surface area contributed by atoms with Crippen molar-refractivity contribution < 1.29 is 0 Å². The second-order valence-electron chi connectivity index (χ2n) is 21.1. The van der Waals surface area contributed by atoms with Crippen LogP contribution in [0.2, 0.25) is 0 Å². The third-order valence-corrected chi connectivity index (χ3v) is 19.1. The van der Waals surface area contributed by atoms with Crippen molar-refractivity contribution in [2.45, 2.75) is 62.2 Å². The Kier molecular flexibility index (Phi) is 8.98. The van der Waals surface area contributed by atoms with Gasteiger partial charge in [0.05, 0.1) is 11.1 Å². The maximum Gasteiger partial charge on any atom is 0.0707 e. The Morgan fingerprint density at radius 1 is 0.456 bits per heavy atom. The fraction of sp³-hybridized carbons (Fsp3) is 0.212. The van der Waals surface area contributed by atoms with E-state index in [-0.39, 0.29) is 10.8 Å². The normalized spacial score (nSPS) is 24.3. The van der Waals surface area contributed by atoms with Crippen molar-refractivity contribution in [3.8, 4) is 11.1 Å². The molecule has 1 nitrogen and oxygen atoms in total. The molecule has 10 aromatic rings. The van der Waals surface area contributed by atoms with Gasteiger partial charge in [-0.2, -0.15) is 0 Å². The van der Waals surface area contributed by atoms with Gasteiger partial charge in [0, 0.05) is 47.8 Å². The second-order valence-corrected chi connectivity index (χ2v) is 22.2. The van der Waals surface area contributed by atoms with Crippen molar-refractivity contribution in [1.82, 2.24) is 0 Å². The lowest BCUT2D eigenvalue weighted by Crippen LogP contribution is -2.65. The van der Waals surface area contributed by atoms with Crippen LogP contribution in [0.1, 0.15) is 79.3 Å². The topological polar surface area (TPSA) is 3.24 Å². The first-order valence-electron chi connectivity index (χ1n) is 25.1. The Bertz CT molecular complexity index is 3520. The number of nitrogens with zero attached hydrogens (tertiary/aromatic N) is 1. The van der Waals surface area contributed by atoms with Gasteiger partial charge < -0.3 is 4.90 Å². The minimum atomic E-state index is -0.523. The molecule has 5 aliphatic rings. The van der Waals surface area contributed by atoms with Crippen molar-refractivity contribution in [2.75, 3.05) is 4.90 Å². The molecule has 0 radical (unpaired) electrons. The number of thiophene rings is 1. The van der Waals surface area contributed by atoms with Gasteiger partial charge >= 0.3 is 0 Å². The van der Waals surface area contributed by atoms with Crippen LogP contribution in [0.25, 0.3) is 42.1 Å². The number of rotatable bonds is 6.